The number of fused-ring (bicyclic) bond motifs is 1. The average Bonchev–Trinajstić information content (AvgIpc) is 3.11. The number of carbonyl (C=O) groups is 1. The lowest BCUT2D eigenvalue weighted by Crippen LogP contribution is -2.37. The van der Waals surface area contributed by atoms with Gasteiger partial charge in [-0.05, 0) is 80.3 Å². The molecule has 4 nitrogen and oxygen atoms in total. The van der Waals surface area contributed by atoms with Gasteiger partial charge in [0.15, 0.2) is 0 Å². The maximum atomic E-state index is 13.3. The van der Waals surface area contributed by atoms with E-state index < -0.39 is 0 Å². The van der Waals surface area contributed by atoms with E-state index in [-0.39, 0.29) is 11.9 Å². The highest BCUT2D eigenvalue weighted by atomic mass is 16.5. The molecule has 0 amide bonds. The number of aromatic nitrogens is 1. The molecule has 0 spiro atoms. The van der Waals surface area contributed by atoms with Gasteiger partial charge in [-0.25, -0.2) is 0 Å². The van der Waals surface area contributed by atoms with Crippen LogP contribution in [0.15, 0.2) is 54.7 Å². The first-order chi connectivity index (χ1) is 13.8. The first-order valence-electron chi connectivity index (χ1n) is 10.4. The van der Waals surface area contributed by atoms with Gasteiger partial charge >= 0.3 is 0 Å². The van der Waals surface area contributed by atoms with Crippen molar-refractivity contribution in [2.24, 2.45) is 0 Å². The number of hydrogen-bond donors (Lipinski definition) is 1. The van der Waals surface area contributed by atoms with Crippen LogP contribution in [0.4, 0.5) is 0 Å². The molecule has 1 aromatic carbocycles. The molecular weight excluding hydrogens is 348 g/mol. The van der Waals surface area contributed by atoms with Crippen molar-refractivity contribution in [3.8, 4) is 5.75 Å². The zero-order valence-electron chi connectivity index (χ0n) is 16.5. The predicted molar refractivity (Wildman–Crippen MR) is 112 cm³/mol. The highest BCUT2D eigenvalue weighted by Crippen LogP contribution is 2.24. The Labute approximate surface area is 166 Å². The van der Waals surface area contributed by atoms with Crippen molar-refractivity contribution in [3.63, 3.8) is 0 Å². The summed E-state index contributed by atoms with van der Waals surface area (Å²) < 4.78 is 8.07. The van der Waals surface area contributed by atoms with E-state index in [9.17, 15) is 4.79 Å². The standard InChI is InChI=1S/C24H28N2O2/c1-2-3-7-19-16-20-8-4-5-15-26(20)23(19)24(27)18-10-12-21(13-11-18)28-22-9-6-14-25-17-22/h4-5,8,10-13,15-16,22,25H,2-3,6-7,9,14,17H2,1H3/t22-/m0/s1. The Morgan fingerprint density at radius 2 is 2.07 bits per heavy atom. The summed E-state index contributed by atoms with van der Waals surface area (Å²) in [4.78, 5) is 13.3. The smallest absolute Gasteiger partial charge is 0.210 e. The molecule has 3 aromatic rings. The molecule has 1 aliphatic heterocycles. The number of pyridine rings is 1. The molecule has 1 N–H and O–H groups in total. The van der Waals surface area contributed by atoms with Gasteiger partial charge in [0, 0.05) is 23.8 Å². The van der Waals surface area contributed by atoms with E-state index in [1.165, 1.54) is 0 Å². The van der Waals surface area contributed by atoms with Gasteiger partial charge in [-0.2, -0.15) is 0 Å². The summed E-state index contributed by atoms with van der Waals surface area (Å²) in [6.07, 6.45) is 7.53. The zero-order valence-corrected chi connectivity index (χ0v) is 16.5. The van der Waals surface area contributed by atoms with Crippen molar-refractivity contribution >= 4 is 11.3 Å². The van der Waals surface area contributed by atoms with E-state index in [1.807, 2.05) is 47.0 Å². The van der Waals surface area contributed by atoms with Crippen LogP contribution in [0.5, 0.6) is 5.75 Å². The number of hydrogen-bond acceptors (Lipinski definition) is 3. The van der Waals surface area contributed by atoms with Crippen LogP contribution in [0.1, 0.15) is 54.2 Å². The summed E-state index contributed by atoms with van der Waals surface area (Å²) in [5.74, 6) is 0.902. The number of rotatable bonds is 7. The Morgan fingerprint density at radius 1 is 1.21 bits per heavy atom. The maximum Gasteiger partial charge on any atom is 0.210 e. The number of nitrogens with zero attached hydrogens (tertiary/aromatic N) is 1. The molecule has 3 heterocycles. The van der Waals surface area contributed by atoms with Gasteiger partial charge in [0.1, 0.15) is 11.9 Å². The minimum atomic E-state index is 0.0724. The molecule has 2 aromatic heterocycles. The fourth-order valence-corrected chi connectivity index (χ4v) is 3.93. The van der Waals surface area contributed by atoms with Crippen LogP contribution in [-0.4, -0.2) is 29.4 Å². The molecule has 0 saturated carbocycles. The van der Waals surface area contributed by atoms with E-state index in [0.717, 1.165) is 67.7 Å². The maximum absolute atomic E-state index is 13.3. The Kier molecular flexibility index (Phi) is 5.77. The molecular formula is C24H28N2O2. The fraction of sp³-hybridized carbons (Fsp3) is 0.375. The topological polar surface area (TPSA) is 42.7 Å². The third kappa shape index (κ3) is 3.97. The number of carbonyl (C=O) groups excluding carboxylic acids is 1. The lowest BCUT2D eigenvalue weighted by molar-refractivity contribution is 0.103. The molecule has 0 radical (unpaired) electrons. The number of ether oxygens (including phenoxy) is 1. The largest absolute Gasteiger partial charge is 0.489 e. The lowest BCUT2D eigenvalue weighted by Gasteiger charge is -2.23. The van der Waals surface area contributed by atoms with Crippen molar-refractivity contribution in [1.29, 1.82) is 0 Å². The van der Waals surface area contributed by atoms with E-state index in [4.69, 9.17) is 4.74 Å². The second kappa shape index (κ2) is 8.61. The normalized spacial score (nSPS) is 17.0. The molecule has 0 aliphatic carbocycles. The number of piperidine rings is 1. The van der Waals surface area contributed by atoms with Crippen LogP contribution < -0.4 is 10.1 Å². The lowest BCUT2D eigenvalue weighted by atomic mass is 10.0. The number of ketones is 1. The molecule has 1 aliphatic rings. The van der Waals surface area contributed by atoms with Gasteiger partial charge in [-0.3, -0.25) is 4.79 Å². The molecule has 1 fully saturated rings. The third-order valence-electron chi connectivity index (χ3n) is 5.44. The van der Waals surface area contributed by atoms with E-state index in [2.05, 4.69) is 24.4 Å². The summed E-state index contributed by atoms with van der Waals surface area (Å²) >= 11 is 0. The monoisotopic (exact) mass is 376 g/mol. The zero-order chi connectivity index (χ0) is 19.3. The van der Waals surface area contributed by atoms with Crippen molar-refractivity contribution in [2.45, 2.75) is 45.1 Å². The highest BCUT2D eigenvalue weighted by molar-refractivity contribution is 6.09. The summed E-state index contributed by atoms with van der Waals surface area (Å²) in [6, 6.07) is 15.8. The average molecular weight is 377 g/mol. The summed E-state index contributed by atoms with van der Waals surface area (Å²) in [5.41, 5.74) is 3.69. The molecule has 146 valence electrons. The van der Waals surface area contributed by atoms with Crippen molar-refractivity contribution in [2.75, 3.05) is 13.1 Å². The molecule has 0 unspecified atom stereocenters. The minimum Gasteiger partial charge on any atom is -0.489 e. The number of nitrogens with one attached hydrogen (secondary N) is 1. The van der Waals surface area contributed by atoms with Crippen LogP contribution >= 0.6 is 0 Å². The first kappa shape index (κ1) is 18.8. The van der Waals surface area contributed by atoms with Crippen LogP contribution in [0.25, 0.3) is 5.52 Å². The van der Waals surface area contributed by atoms with Crippen LogP contribution in [0.3, 0.4) is 0 Å². The van der Waals surface area contributed by atoms with Gasteiger partial charge in [-0.15, -0.1) is 0 Å². The first-order valence-corrected chi connectivity index (χ1v) is 10.4. The number of aryl methyl sites for hydroxylation is 1. The van der Waals surface area contributed by atoms with Crippen molar-refractivity contribution < 1.29 is 9.53 Å². The Hall–Kier alpha value is -2.59. The van der Waals surface area contributed by atoms with Gasteiger partial charge in [0.25, 0.3) is 0 Å². The summed E-state index contributed by atoms with van der Waals surface area (Å²) in [6.45, 7) is 4.13. The number of benzene rings is 1. The molecule has 28 heavy (non-hydrogen) atoms. The summed E-state index contributed by atoms with van der Waals surface area (Å²) in [5, 5.41) is 3.36. The molecule has 1 saturated heterocycles. The van der Waals surface area contributed by atoms with Crippen LogP contribution in [0, 0.1) is 0 Å². The van der Waals surface area contributed by atoms with E-state index in [1.54, 1.807) is 0 Å². The SMILES string of the molecule is CCCCc1cc2ccccn2c1C(=O)c1ccc(O[C@H]2CCCNC2)cc1. The summed E-state index contributed by atoms with van der Waals surface area (Å²) in [7, 11) is 0. The molecule has 0 bridgehead atoms. The van der Waals surface area contributed by atoms with Crippen molar-refractivity contribution in [3.05, 3.63) is 71.5 Å². The van der Waals surface area contributed by atoms with E-state index in [0.29, 0.717) is 5.56 Å². The van der Waals surface area contributed by atoms with Crippen molar-refractivity contribution in [1.82, 2.24) is 9.72 Å². The Bertz CT molecular complexity index is 937. The number of unbranched alkanes of at least 4 members (excludes halogenated alkanes) is 1. The van der Waals surface area contributed by atoms with Gasteiger partial charge in [-0.1, -0.05) is 19.4 Å². The minimum absolute atomic E-state index is 0.0724. The Morgan fingerprint density at radius 3 is 2.82 bits per heavy atom. The second-order valence-corrected chi connectivity index (χ2v) is 7.56. The Balaban J connectivity index is 1.58. The quantitative estimate of drug-likeness (QED) is 0.611. The van der Waals surface area contributed by atoms with Gasteiger partial charge in [0.2, 0.25) is 5.78 Å². The molecule has 4 heteroatoms. The predicted octanol–water partition coefficient (Wildman–Crippen LogP) is 4.64. The third-order valence-corrected chi connectivity index (χ3v) is 5.44. The van der Waals surface area contributed by atoms with Crippen LogP contribution in [0.2, 0.25) is 0 Å². The molecule has 4 rings (SSSR count). The van der Waals surface area contributed by atoms with Gasteiger partial charge < -0.3 is 14.5 Å². The van der Waals surface area contributed by atoms with Crippen LogP contribution in [-0.2, 0) is 6.42 Å². The fourth-order valence-electron chi connectivity index (χ4n) is 3.93. The van der Waals surface area contributed by atoms with E-state index >= 15 is 0 Å². The highest BCUT2D eigenvalue weighted by Gasteiger charge is 2.19. The molecule has 1 atom stereocenters. The second-order valence-electron chi connectivity index (χ2n) is 7.56. The van der Waals surface area contributed by atoms with Gasteiger partial charge in [0.05, 0.1) is 5.69 Å².